The lowest BCUT2D eigenvalue weighted by atomic mass is 10.1. The normalized spacial score (nSPS) is 26.9. The van der Waals surface area contributed by atoms with Crippen molar-refractivity contribution < 1.29 is 14.6 Å². The van der Waals surface area contributed by atoms with Crippen molar-refractivity contribution in [1.82, 2.24) is 9.80 Å². The van der Waals surface area contributed by atoms with E-state index in [0.717, 1.165) is 19.6 Å². The molecule has 106 valence electrons. The van der Waals surface area contributed by atoms with Gasteiger partial charge in [0, 0.05) is 26.2 Å². The lowest BCUT2D eigenvalue weighted by Gasteiger charge is -2.40. The predicted octanol–water partition coefficient (Wildman–Crippen LogP) is 0.325. The van der Waals surface area contributed by atoms with Crippen molar-refractivity contribution in [3.63, 3.8) is 0 Å². The first-order valence-corrected chi connectivity index (χ1v) is 6.82. The number of rotatable bonds is 5. The van der Waals surface area contributed by atoms with Gasteiger partial charge >= 0.3 is 0 Å². The van der Waals surface area contributed by atoms with E-state index in [4.69, 9.17) is 4.74 Å². The largest absolute Gasteiger partial charge is 0.394 e. The molecule has 0 aliphatic carbocycles. The van der Waals surface area contributed by atoms with Gasteiger partial charge in [0.2, 0.25) is 5.91 Å². The third kappa shape index (κ3) is 3.67. The zero-order valence-corrected chi connectivity index (χ0v) is 11.9. The lowest BCUT2D eigenvalue weighted by Crippen LogP contribution is -2.55. The molecule has 1 aliphatic rings. The molecule has 0 bridgehead atoms. The van der Waals surface area contributed by atoms with Crippen LogP contribution in [0.2, 0.25) is 0 Å². The number of amides is 1. The van der Waals surface area contributed by atoms with Crippen LogP contribution in [0.25, 0.3) is 0 Å². The molecule has 0 spiro atoms. The Hall–Kier alpha value is -0.650. The highest BCUT2D eigenvalue weighted by Gasteiger charge is 2.32. The maximum atomic E-state index is 12.3. The number of aliphatic hydroxyl groups is 1. The predicted molar refractivity (Wildman–Crippen MR) is 70.4 cm³/mol. The summed E-state index contributed by atoms with van der Waals surface area (Å²) in [7, 11) is 0. The van der Waals surface area contributed by atoms with Crippen molar-refractivity contribution in [2.75, 3.05) is 32.8 Å². The number of morpholine rings is 1. The Morgan fingerprint density at radius 2 is 2.06 bits per heavy atom. The number of hydrogen-bond acceptors (Lipinski definition) is 4. The summed E-state index contributed by atoms with van der Waals surface area (Å²) in [5.74, 6) is 0.158. The van der Waals surface area contributed by atoms with Crippen molar-refractivity contribution in [2.45, 2.75) is 45.9 Å². The van der Waals surface area contributed by atoms with Gasteiger partial charge in [0.05, 0.1) is 24.9 Å². The van der Waals surface area contributed by atoms with Crippen LogP contribution in [0.5, 0.6) is 0 Å². The molecule has 3 atom stereocenters. The maximum absolute atomic E-state index is 12.3. The molecule has 18 heavy (non-hydrogen) atoms. The van der Waals surface area contributed by atoms with E-state index in [1.807, 2.05) is 32.6 Å². The summed E-state index contributed by atoms with van der Waals surface area (Å²) in [6.07, 6.45) is -0.122. The van der Waals surface area contributed by atoms with E-state index in [2.05, 4.69) is 4.90 Å². The van der Waals surface area contributed by atoms with Gasteiger partial charge in [-0.15, -0.1) is 0 Å². The van der Waals surface area contributed by atoms with E-state index in [0.29, 0.717) is 6.54 Å². The van der Waals surface area contributed by atoms with Crippen LogP contribution in [0, 0.1) is 0 Å². The van der Waals surface area contributed by atoms with Crippen LogP contribution < -0.4 is 0 Å². The number of aliphatic hydroxyl groups excluding tert-OH is 1. The minimum absolute atomic E-state index is 0.00696. The lowest BCUT2D eigenvalue weighted by molar-refractivity contribution is -0.144. The Morgan fingerprint density at radius 1 is 1.44 bits per heavy atom. The Kier molecular flexibility index (Phi) is 6.05. The molecule has 0 aromatic rings. The molecule has 0 saturated carbocycles. The molecule has 3 unspecified atom stereocenters. The quantitative estimate of drug-likeness (QED) is 0.772. The molecule has 0 aromatic heterocycles. The average molecular weight is 258 g/mol. The van der Waals surface area contributed by atoms with Crippen molar-refractivity contribution in [3.8, 4) is 0 Å². The first kappa shape index (κ1) is 15.4. The molecule has 0 aromatic carbocycles. The second-order valence-corrected chi connectivity index (χ2v) is 4.89. The van der Waals surface area contributed by atoms with E-state index < -0.39 is 0 Å². The van der Waals surface area contributed by atoms with Gasteiger partial charge in [0.1, 0.15) is 0 Å². The van der Waals surface area contributed by atoms with Gasteiger partial charge in [0.15, 0.2) is 0 Å². The second kappa shape index (κ2) is 7.07. The van der Waals surface area contributed by atoms with Gasteiger partial charge in [-0.3, -0.25) is 9.69 Å². The summed E-state index contributed by atoms with van der Waals surface area (Å²) in [6.45, 7) is 10.7. The highest BCUT2D eigenvalue weighted by atomic mass is 16.5. The van der Waals surface area contributed by atoms with Crippen molar-refractivity contribution >= 4 is 5.91 Å². The molecule has 0 radical (unpaired) electrons. The molecule has 1 rings (SSSR count). The molecule has 1 saturated heterocycles. The van der Waals surface area contributed by atoms with Crippen LogP contribution in [0.1, 0.15) is 27.7 Å². The summed E-state index contributed by atoms with van der Waals surface area (Å²) in [6, 6.07) is -0.148. The van der Waals surface area contributed by atoms with Gasteiger partial charge < -0.3 is 14.7 Å². The van der Waals surface area contributed by atoms with Crippen LogP contribution >= 0.6 is 0 Å². The minimum Gasteiger partial charge on any atom is -0.394 e. The molecular weight excluding hydrogens is 232 g/mol. The maximum Gasteiger partial charge on any atom is 0.239 e. The molecule has 1 amide bonds. The molecule has 1 fully saturated rings. The molecule has 5 heteroatoms. The minimum atomic E-state index is -0.180. The highest BCUT2D eigenvalue weighted by molar-refractivity contribution is 5.81. The monoisotopic (exact) mass is 258 g/mol. The third-order valence-electron chi connectivity index (χ3n) is 3.54. The highest BCUT2D eigenvalue weighted by Crippen LogP contribution is 2.15. The van der Waals surface area contributed by atoms with Crippen molar-refractivity contribution in [2.24, 2.45) is 0 Å². The zero-order valence-electron chi connectivity index (χ0n) is 11.9. The van der Waals surface area contributed by atoms with Crippen LogP contribution in [0.15, 0.2) is 0 Å². The van der Waals surface area contributed by atoms with Crippen molar-refractivity contribution in [3.05, 3.63) is 0 Å². The second-order valence-electron chi connectivity index (χ2n) is 4.89. The summed E-state index contributed by atoms with van der Waals surface area (Å²) in [5.41, 5.74) is 0. The van der Waals surface area contributed by atoms with Gasteiger partial charge in [0.25, 0.3) is 0 Å². The number of hydrogen-bond donors (Lipinski definition) is 1. The summed E-state index contributed by atoms with van der Waals surface area (Å²) >= 11 is 0. The van der Waals surface area contributed by atoms with Crippen molar-refractivity contribution in [1.29, 1.82) is 0 Å². The average Bonchev–Trinajstić information content (AvgIpc) is 2.38. The van der Waals surface area contributed by atoms with Crippen LogP contribution in [-0.4, -0.2) is 71.8 Å². The fourth-order valence-electron chi connectivity index (χ4n) is 2.45. The molecule has 5 nitrogen and oxygen atoms in total. The molecule has 1 aliphatic heterocycles. The standard InChI is InChI=1S/C13H26N2O3/c1-5-14(6-2)13(17)11(4)15-7-10(3)18-12(8-15)9-16/h10-12,16H,5-9H2,1-4H3. The van der Waals surface area contributed by atoms with E-state index in [1.165, 1.54) is 0 Å². The van der Waals surface area contributed by atoms with Crippen LogP contribution in [0.3, 0.4) is 0 Å². The zero-order chi connectivity index (χ0) is 13.7. The van der Waals surface area contributed by atoms with Crippen LogP contribution in [0.4, 0.5) is 0 Å². The Bertz CT molecular complexity index is 269. The SMILES string of the molecule is CCN(CC)C(=O)C(C)N1CC(C)OC(CO)C1. The molecule has 1 N–H and O–H groups in total. The number of ether oxygens (including phenoxy) is 1. The smallest absolute Gasteiger partial charge is 0.239 e. The topological polar surface area (TPSA) is 53.0 Å². The summed E-state index contributed by atoms with van der Waals surface area (Å²) in [4.78, 5) is 16.2. The van der Waals surface area contributed by atoms with Crippen LogP contribution in [-0.2, 0) is 9.53 Å². The van der Waals surface area contributed by atoms with E-state index >= 15 is 0 Å². The fourth-order valence-corrected chi connectivity index (χ4v) is 2.45. The molecule has 1 heterocycles. The molecular formula is C13H26N2O3. The number of likely N-dealkylation sites (N-methyl/N-ethyl adjacent to an activating group) is 1. The first-order chi connectivity index (χ1) is 8.53. The number of nitrogens with zero attached hydrogens (tertiary/aromatic N) is 2. The number of carbonyl (C=O) groups is 1. The Morgan fingerprint density at radius 3 is 2.56 bits per heavy atom. The van der Waals surface area contributed by atoms with Gasteiger partial charge in [-0.25, -0.2) is 0 Å². The van der Waals surface area contributed by atoms with E-state index in [-0.39, 0.29) is 30.8 Å². The fraction of sp³-hybridized carbons (Fsp3) is 0.923. The van der Waals surface area contributed by atoms with E-state index in [9.17, 15) is 9.90 Å². The Labute approximate surface area is 110 Å². The number of carbonyl (C=O) groups excluding carboxylic acids is 1. The van der Waals surface area contributed by atoms with Gasteiger partial charge in [-0.05, 0) is 27.7 Å². The third-order valence-corrected chi connectivity index (χ3v) is 3.54. The summed E-state index contributed by atoms with van der Waals surface area (Å²) in [5, 5.41) is 9.20. The van der Waals surface area contributed by atoms with E-state index in [1.54, 1.807) is 0 Å². The first-order valence-electron chi connectivity index (χ1n) is 6.82. The van der Waals surface area contributed by atoms with Gasteiger partial charge in [-0.1, -0.05) is 0 Å². The Balaban J connectivity index is 2.64. The summed E-state index contributed by atoms with van der Waals surface area (Å²) < 4.78 is 5.59. The van der Waals surface area contributed by atoms with Gasteiger partial charge in [-0.2, -0.15) is 0 Å².